The van der Waals surface area contributed by atoms with Crippen LogP contribution < -0.4 is 0 Å². The van der Waals surface area contributed by atoms with Gasteiger partial charge in [0.05, 0.1) is 0 Å². The molecule has 1 nitrogen and oxygen atoms in total. The van der Waals surface area contributed by atoms with Crippen molar-refractivity contribution in [3.63, 3.8) is 0 Å². The minimum Gasteiger partial charge on any atom is -0.300 e. The summed E-state index contributed by atoms with van der Waals surface area (Å²) in [6.07, 6.45) is 2.48. The molecule has 0 rings (SSSR count). The van der Waals surface area contributed by atoms with Gasteiger partial charge in [-0.15, -0.1) is 11.5 Å². The zero-order valence-corrected chi connectivity index (χ0v) is 9.53. The first-order valence-corrected chi connectivity index (χ1v) is 7.91. The van der Waals surface area contributed by atoms with Gasteiger partial charge >= 0.3 is 0 Å². The van der Waals surface area contributed by atoms with E-state index in [2.05, 4.69) is 31.1 Å². The van der Waals surface area contributed by atoms with Crippen LogP contribution in [0.5, 0.6) is 0 Å². The molecule has 0 unspecified atom stereocenters. The standard InChI is InChI=1S/C10H18OSi/c1-10(11)8-6-5-7-9-12(2,3)4/h5-6,8H2,1-4H3. The molecule has 2 heteroatoms. The number of Topliss-reactive ketones (excluding diaryl/α,β-unsaturated/α-hetero) is 1. The maximum Gasteiger partial charge on any atom is 0.129 e. The van der Waals surface area contributed by atoms with Crippen molar-refractivity contribution < 1.29 is 4.79 Å². The Labute approximate surface area is 76.6 Å². The summed E-state index contributed by atoms with van der Waals surface area (Å²) in [5.74, 6) is 3.41. The van der Waals surface area contributed by atoms with Gasteiger partial charge in [-0.05, 0) is 13.3 Å². The summed E-state index contributed by atoms with van der Waals surface area (Å²) in [7, 11) is -1.18. The summed E-state index contributed by atoms with van der Waals surface area (Å²) < 4.78 is 0. The fraction of sp³-hybridized carbons (Fsp3) is 0.700. The van der Waals surface area contributed by atoms with Crippen LogP contribution in [-0.4, -0.2) is 13.9 Å². The van der Waals surface area contributed by atoms with Gasteiger partial charge in [0.2, 0.25) is 0 Å². The van der Waals surface area contributed by atoms with Crippen molar-refractivity contribution in [3.8, 4) is 11.5 Å². The molecule has 0 amide bonds. The average molecular weight is 182 g/mol. The molecule has 0 fully saturated rings. The first-order valence-electron chi connectivity index (χ1n) is 4.41. The number of hydrogen-bond donors (Lipinski definition) is 0. The first-order chi connectivity index (χ1) is 5.42. The predicted molar refractivity (Wildman–Crippen MR) is 55.7 cm³/mol. The van der Waals surface area contributed by atoms with Crippen LogP contribution >= 0.6 is 0 Å². The van der Waals surface area contributed by atoms with Crippen LogP contribution in [0.2, 0.25) is 19.6 Å². The minimum absolute atomic E-state index is 0.268. The number of ketones is 1. The third-order valence-electron chi connectivity index (χ3n) is 1.29. The fourth-order valence-electron chi connectivity index (χ4n) is 0.753. The van der Waals surface area contributed by atoms with Gasteiger partial charge in [0.25, 0.3) is 0 Å². The number of hydrogen-bond acceptors (Lipinski definition) is 1. The lowest BCUT2D eigenvalue weighted by Gasteiger charge is -2.02. The predicted octanol–water partition coefficient (Wildman–Crippen LogP) is 2.63. The molecule has 12 heavy (non-hydrogen) atoms. The molecule has 0 saturated heterocycles. The van der Waals surface area contributed by atoms with Crippen LogP contribution in [0, 0.1) is 11.5 Å². The second-order valence-electron chi connectivity index (χ2n) is 4.11. The molecule has 0 N–H and O–H groups in total. The van der Waals surface area contributed by atoms with E-state index >= 15 is 0 Å². The third kappa shape index (κ3) is 9.45. The molecule has 0 spiro atoms. The van der Waals surface area contributed by atoms with Gasteiger partial charge in [-0.2, -0.15) is 0 Å². The molecule has 0 saturated carbocycles. The SMILES string of the molecule is CC(=O)CCCC#C[Si](C)(C)C. The van der Waals surface area contributed by atoms with E-state index in [-0.39, 0.29) is 5.78 Å². The molecule has 0 aliphatic rings. The van der Waals surface area contributed by atoms with Gasteiger partial charge in [0.1, 0.15) is 13.9 Å². The number of carbonyl (C=O) groups is 1. The highest BCUT2D eigenvalue weighted by molar-refractivity contribution is 6.83. The summed E-state index contributed by atoms with van der Waals surface area (Å²) in [5, 5.41) is 0. The number of rotatable bonds is 3. The molecule has 0 aromatic carbocycles. The fourth-order valence-corrected chi connectivity index (χ4v) is 1.41. The largest absolute Gasteiger partial charge is 0.300 e. The van der Waals surface area contributed by atoms with E-state index in [1.807, 2.05) is 0 Å². The van der Waals surface area contributed by atoms with Crippen LogP contribution in [0.3, 0.4) is 0 Å². The van der Waals surface area contributed by atoms with Crippen molar-refractivity contribution in [3.05, 3.63) is 0 Å². The summed E-state index contributed by atoms with van der Waals surface area (Å²) in [5.41, 5.74) is 3.27. The van der Waals surface area contributed by atoms with E-state index in [0.29, 0.717) is 6.42 Å². The second kappa shape index (κ2) is 5.16. The Kier molecular flexibility index (Phi) is 4.92. The Morgan fingerprint density at radius 1 is 1.33 bits per heavy atom. The van der Waals surface area contributed by atoms with Gasteiger partial charge in [-0.25, -0.2) is 0 Å². The summed E-state index contributed by atoms with van der Waals surface area (Å²) in [6, 6.07) is 0. The molecule has 0 aliphatic carbocycles. The van der Waals surface area contributed by atoms with Gasteiger partial charge in [0, 0.05) is 12.8 Å². The van der Waals surface area contributed by atoms with Crippen LogP contribution in [0.25, 0.3) is 0 Å². The van der Waals surface area contributed by atoms with Crippen molar-refractivity contribution in [2.24, 2.45) is 0 Å². The first kappa shape index (κ1) is 11.4. The average Bonchev–Trinajstić information content (AvgIpc) is 1.83. The Morgan fingerprint density at radius 3 is 2.33 bits per heavy atom. The molecule has 68 valence electrons. The van der Waals surface area contributed by atoms with Crippen molar-refractivity contribution in [2.45, 2.75) is 45.8 Å². The van der Waals surface area contributed by atoms with E-state index < -0.39 is 8.07 Å². The van der Waals surface area contributed by atoms with Gasteiger partial charge < -0.3 is 4.79 Å². The minimum atomic E-state index is -1.18. The summed E-state index contributed by atoms with van der Waals surface area (Å²) in [4.78, 5) is 10.6. The third-order valence-corrected chi connectivity index (χ3v) is 2.22. The molecule has 0 aromatic rings. The lowest BCUT2D eigenvalue weighted by Crippen LogP contribution is -2.16. The topological polar surface area (TPSA) is 17.1 Å². The lowest BCUT2D eigenvalue weighted by atomic mass is 10.2. The molecular formula is C10H18OSi. The van der Waals surface area contributed by atoms with Gasteiger partial charge in [0.15, 0.2) is 0 Å². The Hall–Kier alpha value is -0.553. The van der Waals surface area contributed by atoms with Crippen LogP contribution in [-0.2, 0) is 4.79 Å². The van der Waals surface area contributed by atoms with Crippen molar-refractivity contribution in [2.75, 3.05) is 0 Å². The van der Waals surface area contributed by atoms with Crippen molar-refractivity contribution >= 4 is 13.9 Å². The quantitative estimate of drug-likeness (QED) is 0.372. The zero-order valence-electron chi connectivity index (χ0n) is 8.53. The van der Waals surface area contributed by atoms with E-state index in [9.17, 15) is 4.79 Å². The lowest BCUT2D eigenvalue weighted by molar-refractivity contribution is -0.117. The Balaban J connectivity index is 3.53. The van der Waals surface area contributed by atoms with Gasteiger partial charge in [-0.3, -0.25) is 0 Å². The molecule has 0 heterocycles. The smallest absolute Gasteiger partial charge is 0.129 e. The van der Waals surface area contributed by atoms with E-state index in [4.69, 9.17) is 0 Å². The monoisotopic (exact) mass is 182 g/mol. The maximum absolute atomic E-state index is 10.6. The summed E-state index contributed by atoms with van der Waals surface area (Å²) >= 11 is 0. The molecular weight excluding hydrogens is 164 g/mol. The Bertz CT molecular complexity index is 202. The highest BCUT2D eigenvalue weighted by atomic mass is 28.3. The Morgan fingerprint density at radius 2 is 1.92 bits per heavy atom. The van der Waals surface area contributed by atoms with Crippen molar-refractivity contribution in [1.82, 2.24) is 0 Å². The molecule has 0 aliphatic heterocycles. The highest BCUT2D eigenvalue weighted by Crippen LogP contribution is 1.99. The maximum atomic E-state index is 10.6. The molecule has 0 aromatic heterocycles. The highest BCUT2D eigenvalue weighted by Gasteiger charge is 2.06. The molecule has 0 atom stereocenters. The zero-order chi connectivity index (χ0) is 9.61. The number of carbonyl (C=O) groups excluding carboxylic acids is 1. The normalized spacial score (nSPS) is 10.3. The van der Waals surface area contributed by atoms with Crippen LogP contribution in [0.15, 0.2) is 0 Å². The number of unbranched alkanes of at least 4 members (excludes halogenated alkanes) is 1. The van der Waals surface area contributed by atoms with Gasteiger partial charge in [-0.1, -0.05) is 19.6 Å². The van der Waals surface area contributed by atoms with Crippen molar-refractivity contribution in [1.29, 1.82) is 0 Å². The molecule has 0 radical (unpaired) electrons. The molecule has 0 bridgehead atoms. The second-order valence-corrected chi connectivity index (χ2v) is 8.86. The van der Waals surface area contributed by atoms with E-state index in [1.165, 1.54) is 0 Å². The van der Waals surface area contributed by atoms with Crippen LogP contribution in [0.1, 0.15) is 26.2 Å². The summed E-state index contributed by atoms with van der Waals surface area (Å²) in [6.45, 7) is 8.31. The van der Waals surface area contributed by atoms with E-state index in [0.717, 1.165) is 12.8 Å². The van der Waals surface area contributed by atoms with E-state index in [1.54, 1.807) is 6.92 Å². The van der Waals surface area contributed by atoms with Crippen LogP contribution in [0.4, 0.5) is 0 Å².